The highest BCUT2D eigenvalue weighted by Crippen LogP contribution is 2.20. The molecule has 31 heavy (non-hydrogen) atoms. The van der Waals surface area contributed by atoms with Crippen LogP contribution in [0.3, 0.4) is 0 Å². The Kier molecular flexibility index (Phi) is 7.76. The highest BCUT2D eigenvalue weighted by Gasteiger charge is 2.18. The topological polar surface area (TPSA) is 61.4 Å². The average molecular weight is 452 g/mol. The maximum absolute atomic E-state index is 12.8. The van der Waals surface area contributed by atoms with Gasteiger partial charge in [0.2, 0.25) is 0 Å². The summed E-state index contributed by atoms with van der Waals surface area (Å²) < 4.78 is 0. The molecule has 3 aromatic rings. The van der Waals surface area contributed by atoms with Gasteiger partial charge in [-0.3, -0.25) is 14.9 Å². The van der Waals surface area contributed by atoms with E-state index in [2.05, 4.69) is 10.6 Å². The molecule has 0 bridgehead atoms. The van der Waals surface area contributed by atoms with Crippen molar-refractivity contribution >= 4 is 46.4 Å². The lowest BCUT2D eigenvalue weighted by Gasteiger charge is -2.23. The number of nitrogens with zero attached hydrogens (tertiary/aromatic N) is 1. The van der Waals surface area contributed by atoms with Gasteiger partial charge in [0.05, 0.1) is 11.3 Å². The fraction of sp³-hybridized carbons (Fsp3) is 0.125. The second kappa shape index (κ2) is 10.7. The molecule has 2 amide bonds. The van der Waals surface area contributed by atoms with Crippen molar-refractivity contribution in [1.29, 1.82) is 0 Å². The number of benzene rings is 3. The van der Waals surface area contributed by atoms with Crippen LogP contribution in [0.5, 0.6) is 0 Å². The van der Waals surface area contributed by atoms with Gasteiger partial charge < -0.3 is 10.2 Å². The Morgan fingerprint density at radius 2 is 1.65 bits per heavy atom. The average Bonchev–Trinajstić information content (AvgIpc) is 2.79. The molecular weight excluding hydrogens is 430 g/mol. The van der Waals surface area contributed by atoms with Crippen molar-refractivity contribution in [2.75, 3.05) is 18.5 Å². The summed E-state index contributed by atoms with van der Waals surface area (Å²) in [6.07, 6.45) is 0.735. The van der Waals surface area contributed by atoms with Gasteiger partial charge in [-0.05, 0) is 54.5 Å². The molecular formula is C24H22ClN3O2S. The van der Waals surface area contributed by atoms with Crippen LogP contribution >= 0.6 is 23.8 Å². The van der Waals surface area contributed by atoms with Crippen LogP contribution in [-0.2, 0) is 6.42 Å². The van der Waals surface area contributed by atoms with E-state index in [0.717, 1.165) is 12.0 Å². The number of rotatable bonds is 6. The van der Waals surface area contributed by atoms with E-state index in [1.165, 1.54) is 0 Å². The summed E-state index contributed by atoms with van der Waals surface area (Å²) in [5.74, 6) is -0.577. The monoisotopic (exact) mass is 451 g/mol. The molecule has 0 unspecified atom stereocenters. The number of nitrogens with one attached hydrogen (secondary N) is 2. The number of anilines is 1. The molecule has 0 aromatic heterocycles. The zero-order valence-electron chi connectivity index (χ0n) is 17.0. The van der Waals surface area contributed by atoms with Gasteiger partial charge in [-0.1, -0.05) is 60.1 Å². The van der Waals surface area contributed by atoms with Crippen molar-refractivity contribution in [3.05, 3.63) is 101 Å². The van der Waals surface area contributed by atoms with Crippen molar-refractivity contribution in [2.45, 2.75) is 6.42 Å². The number of hydrogen-bond donors (Lipinski definition) is 2. The molecule has 0 radical (unpaired) electrons. The first-order chi connectivity index (χ1) is 15.0. The van der Waals surface area contributed by atoms with Crippen LogP contribution in [0.25, 0.3) is 0 Å². The first kappa shape index (κ1) is 22.5. The van der Waals surface area contributed by atoms with E-state index in [4.69, 9.17) is 23.8 Å². The molecule has 0 heterocycles. The highest BCUT2D eigenvalue weighted by atomic mass is 35.5. The number of carbonyl (C=O) groups excluding carboxylic acids is 2. The third-order valence-corrected chi connectivity index (χ3v) is 5.28. The summed E-state index contributed by atoms with van der Waals surface area (Å²) in [4.78, 5) is 26.9. The molecule has 7 heteroatoms. The maximum atomic E-state index is 12.8. The van der Waals surface area contributed by atoms with Gasteiger partial charge in [-0.15, -0.1) is 0 Å². The van der Waals surface area contributed by atoms with E-state index >= 15 is 0 Å². The number of hydrogen-bond acceptors (Lipinski definition) is 3. The van der Waals surface area contributed by atoms with Crippen LogP contribution in [0.2, 0.25) is 5.02 Å². The molecule has 158 valence electrons. The van der Waals surface area contributed by atoms with Crippen LogP contribution in [0.1, 0.15) is 26.3 Å². The molecule has 0 saturated heterocycles. The molecule has 2 N–H and O–H groups in total. The van der Waals surface area contributed by atoms with E-state index in [-0.39, 0.29) is 16.9 Å². The van der Waals surface area contributed by atoms with E-state index < -0.39 is 0 Å². The van der Waals surface area contributed by atoms with E-state index in [0.29, 0.717) is 28.4 Å². The standard InChI is InChI=1S/C24H22ClN3O2S/c1-28(24(31)27-22(29)18-10-7-11-19(25)16-18)21-13-6-5-12-20(21)23(30)26-15-14-17-8-3-2-4-9-17/h2-13,16H,14-15H2,1H3,(H,26,30)(H,27,29,31). The van der Waals surface area contributed by atoms with Crippen LogP contribution in [0.4, 0.5) is 5.69 Å². The van der Waals surface area contributed by atoms with Crippen LogP contribution < -0.4 is 15.5 Å². The SMILES string of the molecule is CN(C(=S)NC(=O)c1cccc(Cl)c1)c1ccccc1C(=O)NCCc1ccccc1. The molecule has 0 saturated carbocycles. The Hall–Kier alpha value is -3.22. The third-order valence-electron chi connectivity index (χ3n) is 4.66. The molecule has 0 fully saturated rings. The minimum absolute atomic E-state index is 0.175. The van der Waals surface area contributed by atoms with E-state index in [9.17, 15) is 9.59 Å². The Bertz CT molecular complexity index is 1090. The molecule has 0 atom stereocenters. The summed E-state index contributed by atoms with van der Waals surface area (Å²) >= 11 is 11.3. The third kappa shape index (κ3) is 6.13. The summed E-state index contributed by atoms with van der Waals surface area (Å²) in [6.45, 7) is 0.511. The van der Waals surface area contributed by atoms with Gasteiger partial charge in [-0.2, -0.15) is 0 Å². The van der Waals surface area contributed by atoms with Crippen LogP contribution in [-0.4, -0.2) is 30.5 Å². The van der Waals surface area contributed by atoms with Crippen molar-refractivity contribution in [3.63, 3.8) is 0 Å². The first-order valence-electron chi connectivity index (χ1n) is 9.71. The van der Waals surface area contributed by atoms with Crippen molar-refractivity contribution in [2.24, 2.45) is 0 Å². The van der Waals surface area contributed by atoms with E-state index in [1.54, 1.807) is 54.4 Å². The van der Waals surface area contributed by atoms with Gasteiger partial charge in [0.15, 0.2) is 5.11 Å². The zero-order chi connectivity index (χ0) is 22.2. The second-order valence-corrected chi connectivity index (χ2v) is 7.66. The Morgan fingerprint density at radius 3 is 2.39 bits per heavy atom. The Labute approximate surface area is 192 Å². The number of halogens is 1. The second-order valence-electron chi connectivity index (χ2n) is 6.84. The minimum Gasteiger partial charge on any atom is -0.352 e. The zero-order valence-corrected chi connectivity index (χ0v) is 18.5. The molecule has 0 spiro atoms. The Morgan fingerprint density at radius 1 is 0.935 bits per heavy atom. The molecule has 3 aromatic carbocycles. The molecule has 5 nitrogen and oxygen atoms in total. The van der Waals surface area contributed by atoms with Gasteiger partial charge in [0.25, 0.3) is 11.8 Å². The number of para-hydroxylation sites is 1. The lowest BCUT2D eigenvalue weighted by atomic mass is 10.1. The lowest BCUT2D eigenvalue weighted by molar-refractivity contribution is 0.0952. The van der Waals surface area contributed by atoms with Crippen molar-refractivity contribution in [1.82, 2.24) is 10.6 Å². The van der Waals surface area contributed by atoms with Gasteiger partial charge in [-0.25, -0.2) is 0 Å². The molecule has 0 aliphatic rings. The number of amides is 2. The smallest absolute Gasteiger partial charge is 0.257 e. The van der Waals surface area contributed by atoms with Crippen LogP contribution in [0.15, 0.2) is 78.9 Å². The summed E-state index contributed by atoms with van der Waals surface area (Å²) in [7, 11) is 1.71. The number of thiocarbonyl (C=S) groups is 1. The molecule has 0 aliphatic carbocycles. The lowest BCUT2D eigenvalue weighted by Crippen LogP contribution is -2.41. The van der Waals surface area contributed by atoms with E-state index in [1.807, 2.05) is 36.4 Å². The Balaban J connectivity index is 1.65. The van der Waals surface area contributed by atoms with Crippen LogP contribution in [0, 0.1) is 0 Å². The summed E-state index contributed by atoms with van der Waals surface area (Å²) in [6, 6.07) is 23.7. The fourth-order valence-corrected chi connectivity index (χ4v) is 3.39. The summed E-state index contributed by atoms with van der Waals surface area (Å²) in [5, 5.41) is 6.26. The van der Waals surface area contributed by atoms with Crippen molar-refractivity contribution < 1.29 is 9.59 Å². The summed E-state index contributed by atoms with van der Waals surface area (Å²) in [5.41, 5.74) is 2.61. The fourth-order valence-electron chi connectivity index (χ4n) is 3.01. The first-order valence-corrected chi connectivity index (χ1v) is 10.5. The van der Waals surface area contributed by atoms with Crippen molar-refractivity contribution in [3.8, 4) is 0 Å². The largest absolute Gasteiger partial charge is 0.352 e. The highest BCUT2D eigenvalue weighted by molar-refractivity contribution is 7.80. The van der Waals surface area contributed by atoms with Gasteiger partial charge in [0, 0.05) is 24.2 Å². The predicted molar refractivity (Wildman–Crippen MR) is 129 cm³/mol. The van der Waals surface area contributed by atoms with Gasteiger partial charge in [0.1, 0.15) is 0 Å². The predicted octanol–water partition coefficient (Wildman–Crippen LogP) is 4.46. The quantitative estimate of drug-likeness (QED) is 0.543. The molecule has 3 rings (SSSR count). The normalized spacial score (nSPS) is 10.3. The van der Waals surface area contributed by atoms with Gasteiger partial charge >= 0.3 is 0 Å². The number of carbonyl (C=O) groups is 2. The molecule has 0 aliphatic heterocycles. The maximum Gasteiger partial charge on any atom is 0.257 e. The minimum atomic E-state index is -0.371.